The molecule has 0 atom stereocenters. The van der Waals surface area contributed by atoms with E-state index in [-0.39, 0.29) is 5.82 Å². The molecule has 1 aliphatic rings. The molecule has 1 aliphatic carbocycles. The maximum absolute atomic E-state index is 14.7. The molecule has 38 heavy (non-hydrogen) atoms. The lowest BCUT2D eigenvalue weighted by Crippen LogP contribution is -2.16. The minimum Gasteiger partial charge on any atom is -0.207 e. The van der Waals surface area contributed by atoms with Gasteiger partial charge < -0.3 is 0 Å². The van der Waals surface area contributed by atoms with Crippen LogP contribution in [0.3, 0.4) is 0 Å². The second kappa shape index (κ2) is 14.2. The predicted octanol–water partition coefficient (Wildman–Crippen LogP) is 10.3. The zero-order valence-electron chi connectivity index (χ0n) is 22.6. The van der Waals surface area contributed by atoms with Gasteiger partial charge in [-0.15, -0.1) is 0 Å². The summed E-state index contributed by atoms with van der Waals surface area (Å²) >= 11 is 5.55. The lowest BCUT2D eigenvalue weighted by atomic mass is 9.77. The summed E-state index contributed by atoms with van der Waals surface area (Å²) in [4.78, 5) is 0. The summed E-state index contributed by atoms with van der Waals surface area (Å²) in [5.41, 5.74) is 4.99. The second-order valence-corrected chi connectivity index (χ2v) is 11.6. The first kappa shape index (κ1) is 28.7. The Labute approximate surface area is 231 Å². The molecule has 0 aromatic heterocycles. The van der Waals surface area contributed by atoms with Gasteiger partial charge in [-0.1, -0.05) is 87.0 Å². The van der Waals surface area contributed by atoms with Crippen molar-refractivity contribution in [3.05, 3.63) is 105 Å². The Balaban J connectivity index is 1.17. The molecule has 0 unspecified atom stereocenters. The molecular weight excluding hydrogens is 501 g/mol. The summed E-state index contributed by atoms with van der Waals surface area (Å²) in [6, 6.07) is 17.1. The maximum atomic E-state index is 14.7. The summed E-state index contributed by atoms with van der Waals surface area (Å²) in [6.07, 6.45) is 14.1. The van der Waals surface area contributed by atoms with Crippen LogP contribution in [-0.4, -0.2) is 0 Å². The molecule has 0 radical (unpaired) electrons. The van der Waals surface area contributed by atoms with Crippen LogP contribution in [0.15, 0.2) is 54.6 Å². The van der Waals surface area contributed by atoms with E-state index in [9.17, 15) is 13.2 Å². The summed E-state index contributed by atoms with van der Waals surface area (Å²) < 4.78 is 42.1. The number of unbranched alkanes of at least 4 members (excludes halogenated alkanes) is 1. The van der Waals surface area contributed by atoms with Gasteiger partial charge in [0.05, 0.1) is 0 Å². The highest BCUT2D eigenvalue weighted by atomic mass is 35.5. The normalized spacial score (nSPS) is 17.6. The van der Waals surface area contributed by atoms with Gasteiger partial charge in [-0.25, -0.2) is 13.2 Å². The Kier molecular flexibility index (Phi) is 10.8. The molecule has 0 bridgehead atoms. The van der Waals surface area contributed by atoms with E-state index in [1.807, 2.05) is 12.1 Å². The Bertz CT molecular complexity index is 1140. The summed E-state index contributed by atoms with van der Waals surface area (Å²) in [5, 5.41) is -0.499. The molecule has 0 N–H and O–H groups in total. The Morgan fingerprint density at radius 3 is 1.66 bits per heavy atom. The molecule has 3 aromatic carbocycles. The first-order chi connectivity index (χ1) is 18.4. The molecule has 204 valence electrons. The van der Waals surface area contributed by atoms with Gasteiger partial charge in [0.15, 0.2) is 0 Å². The van der Waals surface area contributed by atoms with Crippen molar-refractivity contribution in [2.75, 3.05) is 0 Å². The maximum Gasteiger partial charge on any atom is 0.145 e. The fraction of sp³-hybridized carbons (Fsp3) is 0.471. The second-order valence-electron chi connectivity index (χ2n) is 11.2. The van der Waals surface area contributed by atoms with Gasteiger partial charge >= 0.3 is 0 Å². The quantitative estimate of drug-likeness (QED) is 0.200. The lowest BCUT2D eigenvalue weighted by molar-refractivity contribution is 0.253. The van der Waals surface area contributed by atoms with E-state index in [0.29, 0.717) is 24.0 Å². The third-order valence-corrected chi connectivity index (χ3v) is 8.70. The molecule has 4 heteroatoms. The Morgan fingerprint density at radius 2 is 1.11 bits per heavy atom. The van der Waals surface area contributed by atoms with Crippen LogP contribution in [-0.2, 0) is 32.1 Å². The van der Waals surface area contributed by atoms with Crippen LogP contribution in [0.1, 0.15) is 86.1 Å². The topological polar surface area (TPSA) is 0 Å². The van der Waals surface area contributed by atoms with E-state index >= 15 is 0 Å². The average molecular weight is 541 g/mol. The molecule has 1 saturated carbocycles. The van der Waals surface area contributed by atoms with Crippen LogP contribution in [0, 0.1) is 29.3 Å². The molecule has 4 rings (SSSR count). The van der Waals surface area contributed by atoms with Crippen molar-refractivity contribution in [1.82, 2.24) is 0 Å². The first-order valence-electron chi connectivity index (χ1n) is 14.4. The van der Waals surface area contributed by atoms with Crippen LogP contribution in [0.5, 0.6) is 0 Å². The van der Waals surface area contributed by atoms with Gasteiger partial charge in [0.25, 0.3) is 0 Å². The van der Waals surface area contributed by atoms with Crippen molar-refractivity contribution in [2.24, 2.45) is 11.8 Å². The highest BCUT2D eigenvalue weighted by Gasteiger charge is 2.21. The fourth-order valence-electron chi connectivity index (χ4n) is 5.78. The van der Waals surface area contributed by atoms with Gasteiger partial charge in [0.2, 0.25) is 0 Å². The van der Waals surface area contributed by atoms with E-state index in [4.69, 9.17) is 11.6 Å². The monoisotopic (exact) mass is 540 g/mol. The highest BCUT2D eigenvalue weighted by Crippen LogP contribution is 2.34. The van der Waals surface area contributed by atoms with E-state index in [1.54, 1.807) is 6.07 Å². The first-order valence-corrected chi connectivity index (χ1v) is 14.8. The molecule has 0 heterocycles. The zero-order chi connectivity index (χ0) is 26.9. The number of rotatable bonds is 12. The van der Waals surface area contributed by atoms with Gasteiger partial charge in [-0.2, -0.15) is 0 Å². The minimum atomic E-state index is -0.779. The average Bonchev–Trinajstić information content (AvgIpc) is 2.93. The Hall–Kier alpha value is -2.26. The standard InChI is InChI=1S/C34H40ClF3/c1-2-3-4-24-5-7-25(8-6-24)9-10-26-11-13-27(14-12-26)15-16-28-17-19-30(31(36)21-28)20-18-29-22-32(37)34(35)33(38)23-29/h5-8,17,19,21-23,26-27H,2-4,9-16,18,20H2,1H3. The number of hydrogen-bond donors (Lipinski definition) is 0. The van der Waals surface area contributed by atoms with Crippen LogP contribution >= 0.6 is 11.6 Å². The zero-order valence-corrected chi connectivity index (χ0v) is 23.3. The third-order valence-electron chi connectivity index (χ3n) is 8.33. The molecule has 0 saturated heterocycles. The molecule has 0 nitrogen and oxygen atoms in total. The lowest BCUT2D eigenvalue weighted by Gasteiger charge is -2.28. The van der Waals surface area contributed by atoms with E-state index in [1.165, 1.54) is 81.0 Å². The molecule has 3 aromatic rings. The van der Waals surface area contributed by atoms with Gasteiger partial charge in [0, 0.05) is 0 Å². The number of halogens is 4. The SMILES string of the molecule is CCCCc1ccc(CCC2CCC(CCc3ccc(CCc4cc(F)c(Cl)c(F)c4)c(F)c3)CC2)cc1. The highest BCUT2D eigenvalue weighted by molar-refractivity contribution is 6.30. The number of hydrogen-bond acceptors (Lipinski definition) is 0. The molecule has 0 aliphatic heterocycles. The van der Waals surface area contributed by atoms with Crippen molar-refractivity contribution in [2.45, 2.75) is 90.4 Å². The minimum absolute atomic E-state index is 0.237. The van der Waals surface area contributed by atoms with Crippen molar-refractivity contribution in [3.63, 3.8) is 0 Å². The molecule has 0 amide bonds. The number of benzene rings is 3. The Morgan fingerprint density at radius 1 is 0.605 bits per heavy atom. The molecular formula is C34H40ClF3. The predicted molar refractivity (Wildman–Crippen MR) is 152 cm³/mol. The van der Waals surface area contributed by atoms with E-state index in [0.717, 1.165) is 30.2 Å². The fourth-order valence-corrected chi connectivity index (χ4v) is 5.89. The van der Waals surface area contributed by atoms with Gasteiger partial charge in [0.1, 0.15) is 22.5 Å². The summed E-state index contributed by atoms with van der Waals surface area (Å²) in [7, 11) is 0. The van der Waals surface area contributed by atoms with Crippen LogP contribution in [0.25, 0.3) is 0 Å². The smallest absolute Gasteiger partial charge is 0.145 e. The van der Waals surface area contributed by atoms with Crippen molar-refractivity contribution >= 4 is 11.6 Å². The van der Waals surface area contributed by atoms with Crippen molar-refractivity contribution in [1.29, 1.82) is 0 Å². The largest absolute Gasteiger partial charge is 0.207 e. The molecule has 1 fully saturated rings. The van der Waals surface area contributed by atoms with Crippen LogP contribution in [0.2, 0.25) is 5.02 Å². The number of aryl methyl sites for hydroxylation is 5. The van der Waals surface area contributed by atoms with Gasteiger partial charge in [-0.3, -0.25) is 0 Å². The summed E-state index contributed by atoms with van der Waals surface area (Å²) in [5.74, 6) is -0.246. The van der Waals surface area contributed by atoms with Crippen LogP contribution in [0.4, 0.5) is 13.2 Å². The van der Waals surface area contributed by atoms with Gasteiger partial charge in [-0.05, 0) is 109 Å². The van der Waals surface area contributed by atoms with E-state index in [2.05, 4.69) is 31.2 Å². The van der Waals surface area contributed by atoms with E-state index < -0.39 is 16.7 Å². The van der Waals surface area contributed by atoms with Crippen LogP contribution < -0.4 is 0 Å². The third kappa shape index (κ3) is 8.37. The summed E-state index contributed by atoms with van der Waals surface area (Å²) in [6.45, 7) is 2.24. The van der Waals surface area contributed by atoms with Crippen molar-refractivity contribution in [3.8, 4) is 0 Å². The van der Waals surface area contributed by atoms with Crippen molar-refractivity contribution < 1.29 is 13.2 Å². The molecule has 0 spiro atoms.